The number of hydrogen-bond donors (Lipinski definition) is 1. The van der Waals surface area contributed by atoms with Crippen LogP contribution in [0.15, 0.2) is 58.8 Å². The number of hydrogen-bond acceptors (Lipinski definition) is 3. The Hall–Kier alpha value is -0.520. The summed E-state index contributed by atoms with van der Waals surface area (Å²) >= 11 is 12.8. The standard InChI is InChI=1S/C9H8BrClOS.C8H6S/c10-7-4-13-8-3-5(11)1-2-6(8)9(7)12;1-2-4-8-7(3-1)5-6-9-8/h1-3,7,9,12H,4H2;1-6H. The lowest BCUT2D eigenvalue weighted by Gasteiger charge is -2.25. The van der Waals surface area contributed by atoms with Gasteiger partial charge in [-0.2, -0.15) is 0 Å². The molecule has 1 aliphatic rings. The van der Waals surface area contributed by atoms with Gasteiger partial charge < -0.3 is 5.11 Å². The van der Waals surface area contributed by atoms with Gasteiger partial charge in [-0.15, -0.1) is 23.1 Å². The van der Waals surface area contributed by atoms with Gasteiger partial charge in [-0.3, -0.25) is 0 Å². The quantitative estimate of drug-likeness (QED) is 0.446. The monoisotopic (exact) mass is 412 g/mol. The van der Waals surface area contributed by atoms with Crippen LogP contribution in [0.5, 0.6) is 0 Å². The Balaban J connectivity index is 0.000000139. The van der Waals surface area contributed by atoms with Crippen LogP contribution in [0.3, 0.4) is 0 Å². The Bertz CT molecular complexity index is 744. The summed E-state index contributed by atoms with van der Waals surface area (Å²) < 4.78 is 1.37. The molecular formula is C17H14BrClOS2. The lowest BCUT2D eigenvalue weighted by atomic mass is 10.1. The van der Waals surface area contributed by atoms with Crippen LogP contribution in [0.1, 0.15) is 11.7 Å². The second kappa shape index (κ2) is 7.37. The van der Waals surface area contributed by atoms with Crippen molar-refractivity contribution in [2.75, 3.05) is 5.75 Å². The Kier molecular flexibility index (Phi) is 5.47. The smallest absolute Gasteiger partial charge is 0.0933 e. The van der Waals surface area contributed by atoms with Crippen molar-refractivity contribution < 1.29 is 5.11 Å². The van der Waals surface area contributed by atoms with Crippen LogP contribution in [-0.2, 0) is 0 Å². The molecule has 2 heterocycles. The number of thioether (sulfide) groups is 1. The lowest BCUT2D eigenvalue weighted by molar-refractivity contribution is 0.178. The van der Waals surface area contributed by atoms with Crippen molar-refractivity contribution in [1.29, 1.82) is 0 Å². The zero-order valence-electron chi connectivity index (χ0n) is 11.6. The highest BCUT2D eigenvalue weighted by Gasteiger charge is 2.26. The van der Waals surface area contributed by atoms with Crippen molar-refractivity contribution in [3.63, 3.8) is 0 Å². The number of halogens is 2. The molecule has 0 spiro atoms. The number of thiophene rings is 1. The first kappa shape index (κ1) is 16.3. The maximum Gasteiger partial charge on any atom is 0.0933 e. The summed E-state index contributed by atoms with van der Waals surface area (Å²) in [6, 6.07) is 16.2. The van der Waals surface area contributed by atoms with Crippen LogP contribution >= 0.6 is 50.6 Å². The van der Waals surface area contributed by atoms with Gasteiger partial charge in [-0.1, -0.05) is 51.8 Å². The molecule has 0 bridgehead atoms. The van der Waals surface area contributed by atoms with E-state index in [1.54, 1.807) is 23.1 Å². The normalized spacial score (nSPS) is 20.1. The fourth-order valence-electron chi connectivity index (χ4n) is 2.24. The Morgan fingerprint density at radius 2 is 1.95 bits per heavy atom. The first-order chi connectivity index (χ1) is 10.6. The fraction of sp³-hybridized carbons (Fsp3) is 0.176. The molecule has 4 rings (SSSR count). The molecule has 1 N–H and O–H groups in total. The molecule has 0 saturated heterocycles. The second-order valence-electron chi connectivity index (χ2n) is 4.91. The third kappa shape index (κ3) is 3.69. The lowest BCUT2D eigenvalue weighted by Crippen LogP contribution is -2.19. The van der Waals surface area contributed by atoms with Crippen molar-refractivity contribution in [3.8, 4) is 0 Å². The van der Waals surface area contributed by atoms with Crippen LogP contribution in [-0.4, -0.2) is 15.7 Å². The molecule has 0 aliphatic carbocycles. The molecule has 1 aromatic heterocycles. The van der Waals surface area contributed by atoms with E-state index in [-0.39, 0.29) is 4.83 Å². The summed E-state index contributed by atoms with van der Waals surface area (Å²) in [6.07, 6.45) is -0.409. The van der Waals surface area contributed by atoms with Crippen LogP contribution in [0.2, 0.25) is 5.02 Å². The fourth-order valence-corrected chi connectivity index (χ4v) is 5.03. The van der Waals surface area contributed by atoms with Gasteiger partial charge >= 0.3 is 0 Å². The van der Waals surface area contributed by atoms with Crippen molar-refractivity contribution in [2.45, 2.75) is 15.8 Å². The SMILES string of the molecule is OC1c2ccc(Cl)cc2SCC1Br.c1ccc2sccc2c1. The molecule has 0 amide bonds. The van der Waals surface area contributed by atoms with Gasteiger partial charge in [0.15, 0.2) is 0 Å². The summed E-state index contributed by atoms with van der Waals surface area (Å²) in [7, 11) is 0. The molecule has 3 aromatic rings. The van der Waals surface area contributed by atoms with E-state index in [9.17, 15) is 5.11 Å². The van der Waals surface area contributed by atoms with E-state index in [0.717, 1.165) is 21.2 Å². The molecule has 1 nitrogen and oxygen atoms in total. The van der Waals surface area contributed by atoms with E-state index in [2.05, 4.69) is 51.6 Å². The molecule has 5 heteroatoms. The van der Waals surface area contributed by atoms with Gasteiger partial charge in [-0.25, -0.2) is 0 Å². The van der Waals surface area contributed by atoms with Crippen molar-refractivity contribution >= 4 is 60.7 Å². The Labute approximate surface area is 151 Å². The highest BCUT2D eigenvalue weighted by atomic mass is 79.9. The minimum Gasteiger partial charge on any atom is -0.387 e. The number of rotatable bonds is 0. The Morgan fingerprint density at radius 3 is 2.77 bits per heavy atom. The van der Waals surface area contributed by atoms with Gasteiger partial charge in [0.05, 0.1) is 10.9 Å². The zero-order valence-corrected chi connectivity index (χ0v) is 15.6. The van der Waals surface area contributed by atoms with Crippen LogP contribution in [0, 0.1) is 0 Å². The number of alkyl halides is 1. The second-order valence-corrected chi connectivity index (χ2v) is 8.53. The highest BCUT2D eigenvalue weighted by molar-refractivity contribution is 9.09. The van der Waals surface area contributed by atoms with Crippen LogP contribution in [0.4, 0.5) is 0 Å². The third-order valence-electron chi connectivity index (χ3n) is 3.40. The maximum absolute atomic E-state index is 9.82. The largest absolute Gasteiger partial charge is 0.387 e. The van der Waals surface area contributed by atoms with E-state index in [1.807, 2.05) is 18.2 Å². The van der Waals surface area contributed by atoms with E-state index < -0.39 is 6.10 Å². The first-order valence-electron chi connectivity index (χ1n) is 6.82. The van der Waals surface area contributed by atoms with Gasteiger partial charge in [0.1, 0.15) is 0 Å². The molecule has 1 aliphatic heterocycles. The number of fused-ring (bicyclic) bond motifs is 2. The molecular weight excluding hydrogens is 400 g/mol. The van der Waals surface area contributed by atoms with Gasteiger partial charge in [0.25, 0.3) is 0 Å². The molecule has 22 heavy (non-hydrogen) atoms. The highest BCUT2D eigenvalue weighted by Crippen LogP contribution is 2.40. The molecule has 2 unspecified atom stereocenters. The number of benzene rings is 2. The summed E-state index contributed by atoms with van der Waals surface area (Å²) in [6.45, 7) is 0. The average Bonchev–Trinajstić information content (AvgIpc) is 3.00. The van der Waals surface area contributed by atoms with E-state index in [1.165, 1.54) is 10.1 Å². The summed E-state index contributed by atoms with van der Waals surface area (Å²) in [5, 5.41) is 14.0. The van der Waals surface area contributed by atoms with Crippen molar-refractivity contribution in [3.05, 3.63) is 64.5 Å². The average molecular weight is 414 g/mol. The van der Waals surface area contributed by atoms with Gasteiger partial charge in [0.2, 0.25) is 0 Å². The van der Waals surface area contributed by atoms with Crippen molar-refractivity contribution in [1.82, 2.24) is 0 Å². The minimum atomic E-state index is -0.409. The van der Waals surface area contributed by atoms with E-state index >= 15 is 0 Å². The molecule has 114 valence electrons. The van der Waals surface area contributed by atoms with Crippen LogP contribution in [0.25, 0.3) is 10.1 Å². The maximum atomic E-state index is 9.82. The molecule has 0 radical (unpaired) electrons. The summed E-state index contributed by atoms with van der Waals surface area (Å²) in [5.74, 6) is 0.883. The predicted molar refractivity (Wildman–Crippen MR) is 102 cm³/mol. The van der Waals surface area contributed by atoms with Crippen molar-refractivity contribution in [2.24, 2.45) is 0 Å². The third-order valence-corrected chi connectivity index (χ3v) is 6.97. The van der Waals surface area contributed by atoms with E-state index in [4.69, 9.17) is 11.6 Å². The molecule has 2 atom stereocenters. The predicted octanol–water partition coefficient (Wildman–Crippen LogP) is 6.14. The summed E-state index contributed by atoms with van der Waals surface area (Å²) in [4.78, 5) is 1.24. The topological polar surface area (TPSA) is 20.2 Å². The summed E-state index contributed by atoms with van der Waals surface area (Å²) in [5.41, 5.74) is 0.975. The zero-order chi connectivity index (χ0) is 15.5. The molecule has 0 saturated carbocycles. The Morgan fingerprint density at radius 1 is 1.14 bits per heavy atom. The molecule has 0 fully saturated rings. The first-order valence-corrected chi connectivity index (χ1v) is 9.97. The van der Waals surface area contributed by atoms with E-state index in [0.29, 0.717) is 0 Å². The number of aliphatic hydroxyl groups excluding tert-OH is 1. The molecule has 2 aromatic carbocycles. The minimum absolute atomic E-state index is 0.145. The van der Waals surface area contributed by atoms with Gasteiger partial charge in [-0.05, 0) is 40.6 Å². The van der Waals surface area contributed by atoms with Crippen LogP contribution < -0.4 is 0 Å². The van der Waals surface area contributed by atoms with Gasteiger partial charge in [0, 0.05) is 20.4 Å². The number of aliphatic hydroxyl groups is 1.